The Labute approximate surface area is 176 Å². The SMILES string of the molecule is CCOC(=O)C(=C=O)c1c(OCC)n(Cc2ccc(C(C)C)cc2)c2ccccc12. The molecular formula is C25H27NO4. The number of carbonyl (C=O) groups is 1. The molecule has 0 atom stereocenters. The molecule has 3 aromatic rings. The van der Waals surface area contributed by atoms with Crippen LogP contribution < -0.4 is 4.74 Å². The average molecular weight is 405 g/mol. The van der Waals surface area contributed by atoms with Crippen LogP contribution in [0.3, 0.4) is 0 Å². The van der Waals surface area contributed by atoms with Crippen molar-refractivity contribution in [2.45, 2.75) is 40.2 Å². The van der Waals surface area contributed by atoms with Crippen LogP contribution in [0.25, 0.3) is 16.5 Å². The van der Waals surface area contributed by atoms with Gasteiger partial charge in [-0.3, -0.25) is 0 Å². The van der Waals surface area contributed by atoms with E-state index in [1.54, 1.807) is 12.9 Å². The van der Waals surface area contributed by atoms with Gasteiger partial charge in [0, 0.05) is 5.39 Å². The number of ether oxygens (including phenoxy) is 2. The Morgan fingerprint density at radius 1 is 1.03 bits per heavy atom. The van der Waals surface area contributed by atoms with E-state index in [4.69, 9.17) is 9.47 Å². The number of rotatable bonds is 8. The van der Waals surface area contributed by atoms with Crippen molar-refractivity contribution in [1.29, 1.82) is 0 Å². The fourth-order valence-corrected chi connectivity index (χ4v) is 3.55. The standard InChI is InChI=1S/C25H27NO4/c1-5-29-24-23(21(16-27)25(28)30-6-2)20-9-7-8-10-22(20)26(24)15-18-11-13-19(14-12-18)17(3)4/h7-14,17H,5-6,15H2,1-4H3. The molecule has 1 heterocycles. The molecule has 3 rings (SSSR count). The fraction of sp³-hybridized carbons (Fsp3) is 0.320. The van der Waals surface area contributed by atoms with E-state index < -0.39 is 5.97 Å². The Kier molecular flexibility index (Phi) is 6.76. The minimum absolute atomic E-state index is 0.148. The Morgan fingerprint density at radius 2 is 1.73 bits per heavy atom. The third kappa shape index (κ3) is 4.17. The number of hydrogen-bond donors (Lipinski definition) is 0. The van der Waals surface area contributed by atoms with Crippen molar-refractivity contribution >= 4 is 28.4 Å². The van der Waals surface area contributed by atoms with Crippen LogP contribution in [0.1, 0.15) is 50.3 Å². The highest BCUT2D eigenvalue weighted by atomic mass is 16.5. The number of esters is 1. The largest absolute Gasteiger partial charge is 0.479 e. The zero-order chi connectivity index (χ0) is 21.7. The summed E-state index contributed by atoms with van der Waals surface area (Å²) in [6.07, 6.45) is 0. The Bertz CT molecular complexity index is 1090. The monoisotopic (exact) mass is 405 g/mol. The molecule has 0 fully saturated rings. The number of para-hydroxylation sites is 1. The number of nitrogens with zero attached hydrogens (tertiary/aromatic N) is 1. The minimum Gasteiger partial charge on any atom is -0.479 e. The number of aromatic nitrogens is 1. The third-order valence-electron chi connectivity index (χ3n) is 5.02. The zero-order valence-corrected chi connectivity index (χ0v) is 17.9. The van der Waals surface area contributed by atoms with Crippen LogP contribution >= 0.6 is 0 Å². The maximum Gasteiger partial charge on any atom is 0.350 e. The van der Waals surface area contributed by atoms with Gasteiger partial charge in [-0.15, -0.1) is 0 Å². The van der Waals surface area contributed by atoms with E-state index in [1.807, 2.05) is 35.8 Å². The lowest BCUT2D eigenvalue weighted by Crippen LogP contribution is -2.10. The number of carbonyl (C=O) groups excluding carboxylic acids is 2. The Balaban J connectivity index is 2.18. The molecule has 0 amide bonds. The molecule has 5 nitrogen and oxygen atoms in total. The molecule has 0 unspecified atom stereocenters. The summed E-state index contributed by atoms with van der Waals surface area (Å²) in [5.41, 5.74) is 3.53. The molecule has 5 heteroatoms. The molecule has 0 aliphatic heterocycles. The van der Waals surface area contributed by atoms with Gasteiger partial charge in [-0.2, -0.15) is 0 Å². The number of fused-ring (bicyclic) bond motifs is 1. The van der Waals surface area contributed by atoms with Gasteiger partial charge in [0.2, 0.25) is 5.88 Å². The van der Waals surface area contributed by atoms with Crippen molar-refractivity contribution in [3.63, 3.8) is 0 Å². The van der Waals surface area contributed by atoms with Gasteiger partial charge in [0.05, 0.1) is 30.8 Å². The molecule has 1 aromatic heterocycles. The Hall–Kier alpha value is -3.30. The highest BCUT2D eigenvalue weighted by Crippen LogP contribution is 2.37. The van der Waals surface area contributed by atoms with Crippen molar-refractivity contribution in [2.75, 3.05) is 13.2 Å². The minimum atomic E-state index is -0.697. The maximum atomic E-state index is 12.5. The van der Waals surface area contributed by atoms with Crippen LogP contribution in [0.5, 0.6) is 5.88 Å². The summed E-state index contributed by atoms with van der Waals surface area (Å²) in [6.45, 7) is 9.02. The van der Waals surface area contributed by atoms with Crippen molar-refractivity contribution in [3.05, 3.63) is 65.2 Å². The van der Waals surface area contributed by atoms with Crippen molar-refractivity contribution in [3.8, 4) is 5.88 Å². The summed E-state index contributed by atoms with van der Waals surface area (Å²) in [4.78, 5) is 24.2. The molecule has 0 aliphatic carbocycles. The van der Waals surface area contributed by atoms with Gasteiger partial charge in [-0.25, -0.2) is 9.59 Å². The van der Waals surface area contributed by atoms with Gasteiger partial charge < -0.3 is 14.0 Å². The molecule has 156 valence electrons. The van der Waals surface area contributed by atoms with E-state index in [1.165, 1.54) is 5.56 Å². The first-order valence-electron chi connectivity index (χ1n) is 10.3. The molecular weight excluding hydrogens is 378 g/mol. The van der Waals surface area contributed by atoms with Gasteiger partial charge in [-0.1, -0.05) is 56.3 Å². The quantitative estimate of drug-likeness (QED) is 0.301. The molecule has 0 N–H and O–H groups in total. The summed E-state index contributed by atoms with van der Waals surface area (Å²) in [5.74, 6) is 2.02. The van der Waals surface area contributed by atoms with E-state index in [0.29, 0.717) is 30.5 Å². The van der Waals surface area contributed by atoms with Crippen LogP contribution in [0.4, 0.5) is 0 Å². The summed E-state index contributed by atoms with van der Waals surface area (Å²) >= 11 is 0. The fourth-order valence-electron chi connectivity index (χ4n) is 3.55. The first-order valence-corrected chi connectivity index (χ1v) is 10.3. The summed E-state index contributed by atoms with van der Waals surface area (Å²) in [7, 11) is 0. The van der Waals surface area contributed by atoms with Gasteiger partial charge in [0.25, 0.3) is 0 Å². The summed E-state index contributed by atoms with van der Waals surface area (Å²) in [5, 5.41) is 0.756. The molecule has 0 saturated carbocycles. The van der Waals surface area contributed by atoms with Crippen LogP contribution in [0.15, 0.2) is 48.5 Å². The molecule has 0 spiro atoms. The van der Waals surface area contributed by atoms with E-state index in [2.05, 4.69) is 38.1 Å². The lowest BCUT2D eigenvalue weighted by atomic mass is 10.0. The van der Waals surface area contributed by atoms with Gasteiger partial charge >= 0.3 is 5.97 Å². The number of hydrogen-bond acceptors (Lipinski definition) is 4. The van der Waals surface area contributed by atoms with Crippen LogP contribution in [-0.2, 0) is 20.9 Å². The molecule has 30 heavy (non-hydrogen) atoms. The average Bonchev–Trinajstić information content (AvgIpc) is 3.03. The van der Waals surface area contributed by atoms with Crippen molar-refractivity contribution in [1.82, 2.24) is 4.57 Å². The second-order valence-electron chi connectivity index (χ2n) is 7.31. The van der Waals surface area contributed by atoms with E-state index in [0.717, 1.165) is 16.5 Å². The predicted molar refractivity (Wildman–Crippen MR) is 118 cm³/mol. The van der Waals surface area contributed by atoms with Crippen LogP contribution in [0.2, 0.25) is 0 Å². The number of benzene rings is 2. The van der Waals surface area contributed by atoms with Gasteiger partial charge in [0.15, 0.2) is 5.57 Å². The van der Waals surface area contributed by atoms with Gasteiger partial charge in [-0.05, 0) is 37.0 Å². The lowest BCUT2D eigenvalue weighted by molar-refractivity contribution is -0.136. The highest BCUT2D eigenvalue weighted by Gasteiger charge is 2.27. The van der Waals surface area contributed by atoms with E-state index in [-0.39, 0.29) is 12.2 Å². The molecule has 0 radical (unpaired) electrons. The predicted octanol–water partition coefficient (Wildman–Crippen LogP) is 4.99. The first kappa shape index (κ1) is 21.4. The molecule has 2 aromatic carbocycles. The normalized spacial score (nSPS) is 10.8. The lowest BCUT2D eigenvalue weighted by Gasteiger charge is -2.13. The molecule has 0 aliphatic rings. The van der Waals surface area contributed by atoms with Crippen molar-refractivity contribution in [2.24, 2.45) is 0 Å². The maximum absolute atomic E-state index is 12.5. The zero-order valence-electron chi connectivity index (χ0n) is 17.9. The molecule has 0 bridgehead atoms. The summed E-state index contributed by atoms with van der Waals surface area (Å²) < 4.78 is 13.0. The third-order valence-corrected chi connectivity index (χ3v) is 5.02. The topological polar surface area (TPSA) is 57.5 Å². The second kappa shape index (κ2) is 9.47. The van der Waals surface area contributed by atoms with Crippen LogP contribution in [0, 0.1) is 0 Å². The van der Waals surface area contributed by atoms with Gasteiger partial charge in [0.1, 0.15) is 5.94 Å². The summed E-state index contributed by atoms with van der Waals surface area (Å²) in [6, 6.07) is 16.1. The van der Waals surface area contributed by atoms with Crippen LogP contribution in [-0.4, -0.2) is 29.7 Å². The Morgan fingerprint density at radius 3 is 2.33 bits per heavy atom. The molecule has 0 saturated heterocycles. The van der Waals surface area contributed by atoms with E-state index in [9.17, 15) is 9.59 Å². The smallest absolute Gasteiger partial charge is 0.350 e. The highest BCUT2D eigenvalue weighted by molar-refractivity contribution is 6.29. The first-order chi connectivity index (χ1) is 14.5. The van der Waals surface area contributed by atoms with E-state index >= 15 is 0 Å². The second-order valence-corrected chi connectivity index (χ2v) is 7.31. The van der Waals surface area contributed by atoms with Crippen molar-refractivity contribution < 1.29 is 19.1 Å².